The molecule has 76 valence electrons. The minimum Gasteiger partial charge on any atom is -0.384 e. The van der Waals surface area contributed by atoms with Crippen molar-refractivity contribution in [3.05, 3.63) is 21.8 Å². The van der Waals surface area contributed by atoms with Crippen LogP contribution in [0.15, 0.2) is 10.7 Å². The summed E-state index contributed by atoms with van der Waals surface area (Å²) in [5, 5.41) is -0.991. The van der Waals surface area contributed by atoms with E-state index in [1.165, 1.54) is 0 Å². The van der Waals surface area contributed by atoms with Crippen molar-refractivity contribution in [2.45, 2.75) is 6.43 Å². The maximum Gasteiger partial charge on any atom is 0.267 e. The van der Waals surface area contributed by atoms with E-state index in [0.717, 1.165) is 6.07 Å². The Morgan fingerprint density at radius 3 is 2.64 bits per heavy atom. The van der Waals surface area contributed by atoms with Gasteiger partial charge in [0.2, 0.25) is 0 Å². The van der Waals surface area contributed by atoms with Crippen molar-refractivity contribution in [3.63, 3.8) is 0 Å². The average Bonchev–Trinajstić information content (AvgIpc) is 2.01. The molecule has 0 atom stereocenters. The standard InChI is InChI=1S/C7H4BrClF2N2O/c8-5-4(7(10)11)2(6(9)14)1-3(12)13-5/h1,7H,(H2,12,13). The highest BCUT2D eigenvalue weighted by Crippen LogP contribution is 2.31. The molecule has 0 unspecified atom stereocenters. The minimum absolute atomic E-state index is 0.0507. The molecule has 0 amide bonds. The normalized spacial score (nSPS) is 10.6. The zero-order chi connectivity index (χ0) is 10.9. The number of halogens is 4. The van der Waals surface area contributed by atoms with Crippen LogP contribution >= 0.6 is 27.5 Å². The van der Waals surface area contributed by atoms with Gasteiger partial charge in [0.05, 0.1) is 5.56 Å². The number of aromatic nitrogens is 1. The van der Waals surface area contributed by atoms with Gasteiger partial charge in [-0.1, -0.05) is 0 Å². The van der Waals surface area contributed by atoms with Gasteiger partial charge in [-0.2, -0.15) is 0 Å². The Bertz CT molecular complexity index is 386. The Morgan fingerprint density at radius 2 is 2.21 bits per heavy atom. The molecule has 0 fully saturated rings. The van der Waals surface area contributed by atoms with Gasteiger partial charge in [-0.05, 0) is 33.6 Å². The van der Waals surface area contributed by atoms with Crippen LogP contribution in [0, 0.1) is 0 Å². The van der Waals surface area contributed by atoms with Crippen molar-refractivity contribution in [2.24, 2.45) is 0 Å². The first-order valence-corrected chi connectivity index (χ1v) is 4.54. The zero-order valence-corrected chi connectivity index (χ0v) is 8.94. The van der Waals surface area contributed by atoms with Gasteiger partial charge >= 0.3 is 0 Å². The molecule has 7 heteroatoms. The number of pyridine rings is 1. The van der Waals surface area contributed by atoms with Crippen molar-refractivity contribution in [1.82, 2.24) is 4.98 Å². The van der Waals surface area contributed by atoms with Crippen molar-refractivity contribution < 1.29 is 13.6 Å². The molecule has 0 aromatic carbocycles. The molecule has 1 aromatic heterocycles. The van der Waals surface area contributed by atoms with E-state index < -0.39 is 17.2 Å². The van der Waals surface area contributed by atoms with Crippen molar-refractivity contribution in [1.29, 1.82) is 0 Å². The summed E-state index contributed by atoms with van der Waals surface area (Å²) in [5.74, 6) is -0.0507. The number of carbonyl (C=O) groups is 1. The molecule has 0 saturated carbocycles. The van der Waals surface area contributed by atoms with E-state index in [1.807, 2.05) is 0 Å². The fraction of sp³-hybridized carbons (Fsp3) is 0.143. The highest BCUT2D eigenvalue weighted by Gasteiger charge is 2.22. The van der Waals surface area contributed by atoms with Crippen molar-refractivity contribution in [2.75, 3.05) is 5.73 Å². The van der Waals surface area contributed by atoms with E-state index in [4.69, 9.17) is 17.3 Å². The lowest BCUT2D eigenvalue weighted by Crippen LogP contribution is -2.04. The molecule has 0 aliphatic rings. The third-order valence-electron chi connectivity index (χ3n) is 1.46. The highest BCUT2D eigenvalue weighted by atomic mass is 79.9. The first-order chi connectivity index (χ1) is 6.43. The van der Waals surface area contributed by atoms with Crippen LogP contribution in [0.1, 0.15) is 22.3 Å². The zero-order valence-electron chi connectivity index (χ0n) is 6.60. The van der Waals surface area contributed by atoms with Gasteiger partial charge in [-0.3, -0.25) is 4.79 Å². The number of nitrogen functional groups attached to an aromatic ring is 1. The summed E-state index contributed by atoms with van der Waals surface area (Å²) < 4.78 is 24.7. The van der Waals surface area contributed by atoms with Crippen molar-refractivity contribution in [3.8, 4) is 0 Å². The van der Waals surface area contributed by atoms with Crippen LogP contribution in [0.3, 0.4) is 0 Å². The minimum atomic E-state index is -2.84. The van der Waals surface area contributed by atoms with Gasteiger partial charge in [0.1, 0.15) is 10.4 Å². The van der Waals surface area contributed by atoms with Gasteiger partial charge in [-0.25, -0.2) is 13.8 Å². The molecule has 14 heavy (non-hydrogen) atoms. The summed E-state index contributed by atoms with van der Waals surface area (Å²) >= 11 is 7.90. The fourth-order valence-electron chi connectivity index (χ4n) is 0.913. The second-order valence-electron chi connectivity index (χ2n) is 2.37. The van der Waals surface area contributed by atoms with Crippen LogP contribution in [0.2, 0.25) is 0 Å². The number of anilines is 1. The van der Waals surface area contributed by atoms with Crippen LogP contribution in [-0.4, -0.2) is 10.2 Å². The summed E-state index contributed by atoms with van der Waals surface area (Å²) in [5.41, 5.74) is 4.39. The average molecular weight is 285 g/mol. The van der Waals surface area contributed by atoms with Gasteiger partial charge < -0.3 is 5.73 Å². The lowest BCUT2D eigenvalue weighted by Gasteiger charge is -2.07. The molecule has 0 radical (unpaired) electrons. The van der Waals surface area contributed by atoms with Crippen LogP contribution < -0.4 is 5.73 Å². The van der Waals surface area contributed by atoms with Crippen LogP contribution in [0.25, 0.3) is 0 Å². The monoisotopic (exact) mass is 284 g/mol. The quantitative estimate of drug-likeness (QED) is 0.671. The number of nitrogens with two attached hydrogens (primary N) is 1. The topological polar surface area (TPSA) is 56.0 Å². The molecule has 1 heterocycles. The third-order valence-corrected chi connectivity index (χ3v) is 2.27. The molecule has 1 rings (SSSR count). The third kappa shape index (κ3) is 2.19. The number of hydrogen-bond acceptors (Lipinski definition) is 3. The Kier molecular flexibility index (Phi) is 3.38. The van der Waals surface area contributed by atoms with Crippen LogP contribution in [0.4, 0.5) is 14.6 Å². The SMILES string of the molecule is Nc1cc(C(=O)Cl)c(C(F)F)c(Br)n1. The molecule has 2 N–H and O–H groups in total. The first-order valence-electron chi connectivity index (χ1n) is 3.37. The molecule has 0 aliphatic heterocycles. The lowest BCUT2D eigenvalue weighted by molar-refractivity contribution is 0.106. The van der Waals surface area contributed by atoms with Crippen LogP contribution in [-0.2, 0) is 0 Å². The number of nitrogens with zero attached hydrogens (tertiary/aromatic N) is 1. The van der Waals surface area contributed by atoms with Gasteiger partial charge in [0, 0.05) is 5.56 Å². The Balaban J connectivity index is 3.44. The lowest BCUT2D eigenvalue weighted by atomic mass is 10.1. The second kappa shape index (κ2) is 4.18. The molecule has 0 spiro atoms. The summed E-state index contributed by atoms with van der Waals surface area (Å²) in [4.78, 5) is 14.3. The molecule has 0 bridgehead atoms. The maximum atomic E-state index is 12.5. The molecule has 0 aliphatic carbocycles. The van der Waals surface area contributed by atoms with E-state index in [1.54, 1.807) is 0 Å². The van der Waals surface area contributed by atoms with E-state index in [-0.39, 0.29) is 16.0 Å². The largest absolute Gasteiger partial charge is 0.384 e. The number of rotatable bonds is 2. The number of alkyl halides is 2. The first kappa shape index (κ1) is 11.3. The summed E-state index contributed by atoms with van der Waals surface area (Å²) in [6.45, 7) is 0. The van der Waals surface area contributed by atoms with Gasteiger partial charge in [-0.15, -0.1) is 0 Å². The van der Waals surface area contributed by atoms with E-state index >= 15 is 0 Å². The van der Waals surface area contributed by atoms with Gasteiger partial charge in [0.15, 0.2) is 0 Å². The Hall–Kier alpha value is -0.750. The molecule has 1 aromatic rings. The summed E-state index contributed by atoms with van der Waals surface area (Å²) in [6, 6.07) is 1.02. The Labute approximate surface area is 91.4 Å². The predicted molar refractivity (Wildman–Crippen MR) is 51.5 cm³/mol. The van der Waals surface area contributed by atoms with Crippen molar-refractivity contribution >= 4 is 38.6 Å². The van der Waals surface area contributed by atoms with E-state index in [2.05, 4.69) is 20.9 Å². The maximum absolute atomic E-state index is 12.5. The van der Waals surface area contributed by atoms with E-state index in [0.29, 0.717) is 0 Å². The molecule has 0 saturated heterocycles. The molecule has 3 nitrogen and oxygen atoms in total. The molecular formula is C7H4BrClF2N2O. The summed E-state index contributed by atoms with van der Waals surface area (Å²) in [6.07, 6.45) is -2.84. The summed E-state index contributed by atoms with van der Waals surface area (Å²) in [7, 11) is 0. The van der Waals surface area contributed by atoms with Crippen LogP contribution in [0.5, 0.6) is 0 Å². The second-order valence-corrected chi connectivity index (χ2v) is 3.47. The fourth-order valence-corrected chi connectivity index (χ4v) is 1.66. The number of carbonyl (C=O) groups excluding carboxylic acids is 1. The molecular weight excluding hydrogens is 281 g/mol. The predicted octanol–water partition coefficient (Wildman–Crippen LogP) is 2.74. The van der Waals surface area contributed by atoms with E-state index in [9.17, 15) is 13.6 Å². The smallest absolute Gasteiger partial charge is 0.267 e. The highest BCUT2D eigenvalue weighted by molar-refractivity contribution is 9.10. The van der Waals surface area contributed by atoms with Gasteiger partial charge in [0.25, 0.3) is 11.7 Å². The Morgan fingerprint density at radius 1 is 1.64 bits per heavy atom. The number of hydrogen-bond donors (Lipinski definition) is 1.